The zero-order valence-electron chi connectivity index (χ0n) is 11.8. The lowest BCUT2D eigenvalue weighted by molar-refractivity contribution is -0.115. The van der Waals surface area contributed by atoms with E-state index in [1.54, 1.807) is 0 Å². The van der Waals surface area contributed by atoms with Gasteiger partial charge in [0.05, 0.1) is 17.5 Å². The number of nitrogens with zero attached hydrogens (tertiary/aromatic N) is 2. The predicted molar refractivity (Wildman–Crippen MR) is 78.2 cm³/mol. The van der Waals surface area contributed by atoms with E-state index in [1.807, 2.05) is 38.1 Å². The van der Waals surface area contributed by atoms with Crippen LogP contribution in [-0.4, -0.2) is 15.3 Å². The number of para-hydroxylation sites is 2. The van der Waals surface area contributed by atoms with Crippen LogP contribution in [0, 0.1) is 0 Å². The molecule has 0 aliphatic heterocycles. The van der Waals surface area contributed by atoms with E-state index in [0.29, 0.717) is 6.42 Å². The number of aryl methyl sites for hydroxylation is 1. The molecule has 0 aliphatic rings. The van der Waals surface area contributed by atoms with Crippen LogP contribution in [0.3, 0.4) is 0 Å². The van der Waals surface area contributed by atoms with E-state index in [2.05, 4.69) is 22.5 Å². The van der Waals surface area contributed by atoms with Crippen molar-refractivity contribution in [3.05, 3.63) is 41.7 Å². The summed E-state index contributed by atoms with van der Waals surface area (Å²) >= 11 is 0. The van der Waals surface area contributed by atoms with E-state index >= 15 is 0 Å². The van der Waals surface area contributed by atoms with Crippen LogP contribution in [0.5, 0.6) is 0 Å². The van der Waals surface area contributed by atoms with Gasteiger partial charge in [-0.3, -0.25) is 4.79 Å². The minimum Gasteiger partial charge on any atom is -0.328 e. The van der Waals surface area contributed by atoms with Gasteiger partial charge in [-0.25, -0.2) is 4.98 Å². The summed E-state index contributed by atoms with van der Waals surface area (Å²) in [6.07, 6.45) is 3.07. The lowest BCUT2D eigenvalue weighted by atomic mass is 10.1. The Bertz CT molecular complexity index is 623. The van der Waals surface area contributed by atoms with Crippen LogP contribution >= 0.6 is 0 Å². The van der Waals surface area contributed by atoms with Gasteiger partial charge in [0, 0.05) is 6.54 Å². The number of imidazole rings is 1. The molecule has 0 fully saturated rings. The van der Waals surface area contributed by atoms with Gasteiger partial charge in [0.1, 0.15) is 5.82 Å². The second-order valence-corrected chi connectivity index (χ2v) is 4.53. The zero-order chi connectivity index (χ0) is 13.8. The number of rotatable bonds is 5. The van der Waals surface area contributed by atoms with Crippen molar-refractivity contribution in [1.29, 1.82) is 0 Å². The Hall–Kier alpha value is -1.90. The normalized spacial score (nSPS) is 12.1. The number of hydrogen-bond acceptors (Lipinski definition) is 2. The molecule has 1 aromatic heterocycles. The first kappa shape index (κ1) is 13.5. The number of benzene rings is 1. The number of fused-ring (bicyclic) bond motifs is 1. The highest BCUT2D eigenvalue weighted by atomic mass is 16.1. The Labute approximate surface area is 114 Å². The van der Waals surface area contributed by atoms with Gasteiger partial charge < -0.3 is 4.57 Å². The molecule has 0 saturated carbocycles. The summed E-state index contributed by atoms with van der Waals surface area (Å²) in [5, 5.41) is 0. The Kier molecular flexibility index (Phi) is 4.15. The van der Waals surface area contributed by atoms with E-state index in [4.69, 9.17) is 0 Å². The maximum absolute atomic E-state index is 12.2. The third-order valence-electron chi connectivity index (χ3n) is 3.46. The van der Waals surface area contributed by atoms with Crippen LogP contribution < -0.4 is 0 Å². The topological polar surface area (TPSA) is 34.9 Å². The second kappa shape index (κ2) is 5.83. The minimum absolute atomic E-state index is 0.176. The molecule has 0 unspecified atom stereocenters. The maximum atomic E-state index is 12.2. The smallest absolute Gasteiger partial charge is 0.166 e. The van der Waals surface area contributed by atoms with Gasteiger partial charge in [-0.2, -0.15) is 0 Å². The highest BCUT2D eigenvalue weighted by Crippen LogP contribution is 2.17. The second-order valence-electron chi connectivity index (χ2n) is 4.53. The van der Waals surface area contributed by atoms with Crippen LogP contribution in [-0.2, 0) is 17.8 Å². The molecule has 0 amide bonds. The van der Waals surface area contributed by atoms with Gasteiger partial charge in [0.25, 0.3) is 0 Å². The summed E-state index contributed by atoms with van der Waals surface area (Å²) in [5.41, 5.74) is 2.95. The fourth-order valence-electron chi connectivity index (χ4n) is 2.43. The Morgan fingerprint density at radius 1 is 1.32 bits per heavy atom. The third-order valence-corrected chi connectivity index (χ3v) is 3.46. The monoisotopic (exact) mass is 256 g/mol. The van der Waals surface area contributed by atoms with Gasteiger partial charge in [-0.15, -0.1) is 0 Å². The van der Waals surface area contributed by atoms with Gasteiger partial charge >= 0.3 is 0 Å². The van der Waals surface area contributed by atoms with E-state index in [-0.39, 0.29) is 5.78 Å². The van der Waals surface area contributed by atoms with Crippen LogP contribution in [0.2, 0.25) is 0 Å². The summed E-state index contributed by atoms with van der Waals surface area (Å²) < 4.78 is 2.12. The standard InChI is InChI=1S/C16H20N2O/c1-4-12(5-2)15(19)11-16-17-13-9-7-8-10-14(13)18(16)6-3/h4,7-10H,5-6,11H2,1-3H3/b12-4-. The molecule has 100 valence electrons. The molecule has 0 bridgehead atoms. The molecule has 0 saturated heterocycles. The van der Waals surface area contributed by atoms with E-state index in [1.165, 1.54) is 0 Å². The summed E-state index contributed by atoms with van der Waals surface area (Å²) in [6.45, 7) is 6.84. The molecule has 19 heavy (non-hydrogen) atoms. The quantitative estimate of drug-likeness (QED) is 0.767. The lowest BCUT2D eigenvalue weighted by Gasteiger charge is -2.06. The number of hydrogen-bond donors (Lipinski definition) is 0. The van der Waals surface area contributed by atoms with Crippen molar-refractivity contribution in [2.24, 2.45) is 0 Å². The molecule has 0 aliphatic carbocycles. The number of carbonyl (C=O) groups is 1. The fourth-order valence-corrected chi connectivity index (χ4v) is 2.43. The Morgan fingerprint density at radius 2 is 2.05 bits per heavy atom. The van der Waals surface area contributed by atoms with E-state index in [0.717, 1.165) is 35.4 Å². The Balaban J connectivity index is 2.38. The van der Waals surface area contributed by atoms with Crippen molar-refractivity contribution in [2.45, 2.75) is 40.2 Å². The maximum Gasteiger partial charge on any atom is 0.166 e. The van der Waals surface area contributed by atoms with Crippen molar-refractivity contribution < 1.29 is 4.79 Å². The molecular formula is C16H20N2O. The van der Waals surface area contributed by atoms with Gasteiger partial charge in [-0.05, 0) is 38.0 Å². The largest absolute Gasteiger partial charge is 0.328 e. The van der Waals surface area contributed by atoms with Crippen molar-refractivity contribution >= 4 is 16.8 Å². The summed E-state index contributed by atoms with van der Waals surface area (Å²) in [6, 6.07) is 8.03. The number of ketones is 1. The van der Waals surface area contributed by atoms with Crippen LogP contribution in [0.4, 0.5) is 0 Å². The highest BCUT2D eigenvalue weighted by molar-refractivity contribution is 5.96. The van der Waals surface area contributed by atoms with Crippen molar-refractivity contribution in [2.75, 3.05) is 0 Å². The molecule has 2 aromatic rings. The minimum atomic E-state index is 0.176. The predicted octanol–water partition coefficient (Wildman–Crippen LogP) is 3.52. The number of Topliss-reactive ketones (excluding diaryl/α,β-unsaturated/α-hetero) is 1. The average Bonchev–Trinajstić information content (AvgIpc) is 2.77. The summed E-state index contributed by atoms with van der Waals surface area (Å²) in [5.74, 6) is 1.04. The van der Waals surface area contributed by atoms with Crippen LogP contribution in [0.15, 0.2) is 35.9 Å². The number of aromatic nitrogens is 2. The average molecular weight is 256 g/mol. The number of carbonyl (C=O) groups excluding carboxylic acids is 1. The van der Waals surface area contributed by atoms with E-state index < -0.39 is 0 Å². The molecule has 0 spiro atoms. The lowest BCUT2D eigenvalue weighted by Crippen LogP contribution is -2.11. The first-order chi connectivity index (χ1) is 9.21. The summed E-state index contributed by atoms with van der Waals surface area (Å²) in [4.78, 5) is 16.8. The third kappa shape index (κ3) is 2.60. The molecule has 2 rings (SSSR count). The van der Waals surface area contributed by atoms with Crippen LogP contribution in [0.25, 0.3) is 11.0 Å². The molecule has 1 heterocycles. The molecule has 3 nitrogen and oxygen atoms in total. The van der Waals surface area contributed by atoms with E-state index in [9.17, 15) is 4.79 Å². The summed E-state index contributed by atoms with van der Waals surface area (Å²) in [7, 11) is 0. The number of allylic oxidation sites excluding steroid dienone is 2. The van der Waals surface area contributed by atoms with Crippen molar-refractivity contribution in [3.8, 4) is 0 Å². The van der Waals surface area contributed by atoms with Crippen molar-refractivity contribution in [1.82, 2.24) is 9.55 Å². The first-order valence-electron chi connectivity index (χ1n) is 6.83. The van der Waals surface area contributed by atoms with Gasteiger partial charge in [-0.1, -0.05) is 25.1 Å². The van der Waals surface area contributed by atoms with Gasteiger partial charge in [0.15, 0.2) is 5.78 Å². The molecule has 1 aromatic carbocycles. The first-order valence-corrected chi connectivity index (χ1v) is 6.83. The molecule has 0 N–H and O–H groups in total. The van der Waals surface area contributed by atoms with Crippen LogP contribution in [0.1, 0.15) is 33.0 Å². The SMILES string of the molecule is C/C=C(/CC)C(=O)Cc1nc2ccccc2n1CC. The zero-order valence-corrected chi connectivity index (χ0v) is 11.8. The molecule has 0 radical (unpaired) electrons. The highest BCUT2D eigenvalue weighted by Gasteiger charge is 2.14. The molecular weight excluding hydrogens is 236 g/mol. The van der Waals surface area contributed by atoms with Gasteiger partial charge in [0.2, 0.25) is 0 Å². The molecule has 3 heteroatoms. The molecule has 0 atom stereocenters. The van der Waals surface area contributed by atoms with Crippen molar-refractivity contribution in [3.63, 3.8) is 0 Å². The Morgan fingerprint density at radius 3 is 2.68 bits per heavy atom. The fraction of sp³-hybridized carbons (Fsp3) is 0.375.